The van der Waals surface area contributed by atoms with Gasteiger partial charge in [0.2, 0.25) is 0 Å². The Labute approximate surface area is 81.2 Å². The van der Waals surface area contributed by atoms with Crippen LogP contribution >= 0.6 is 24.0 Å². The summed E-state index contributed by atoms with van der Waals surface area (Å²) in [4.78, 5) is 11.1. The molecule has 5 heteroatoms. The molecular weight excluding hydrogens is 194 g/mol. The highest BCUT2D eigenvalue weighted by Crippen LogP contribution is 2.26. The van der Waals surface area contributed by atoms with E-state index in [1.165, 1.54) is 11.8 Å². The number of esters is 1. The molecule has 1 fully saturated rings. The van der Waals surface area contributed by atoms with Crippen LogP contribution in [0.1, 0.15) is 13.3 Å². The Morgan fingerprint density at radius 1 is 1.83 bits per heavy atom. The number of hydrogen-bond acceptors (Lipinski definition) is 4. The molecule has 0 aromatic heterocycles. The molecule has 0 spiro atoms. The zero-order chi connectivity index (χ0) is 9.14. The molecule has 1 aliphatic heterocycles. The fourth-order valence-electron chi connectivity index (χ4n) is 1.00. The van der Waals surface area contributed by atoms with Crippen molar-refractivity contribution in [2.24, 2.45) is 0 Å². The molecule has 0 saturated carbocycles. The summed E-state index contributed by atoms with van der Waals surface area (Å²) >= 11 is 6.29. The van der Waals surface area contributed by atoms with E-state index in [-0.39, 0.29) is 17.3 Å². The molecule has 0 radical (unpaired) electrons. The number of carbonyl (C=O) groups excluding carboxylic acids is 1. The van der Waals surface area contributed by atoms with E-state index in [1.54, 1.807) is 7.05 Å². The van der Waals surface area contributed by atoms with Crippen LogP contribution in [0.2, 0.25) is 0 Å². The molecule has 0 amide bonds. The van der Waals surface area contributed by atoms with E-state index in [2.05, 4.69) is 5.32 Å². The van der Waals surface area contributed by atoms with Gasteiger partial charge in [-0.05, 0) is 6.92 Å². The monoisotopic (exact) mass is 205 g/mol. The lowest BCUT2D eigenvalue weighted by Crippen LogP contribution is -2.18. The minimum absolute atomic E-state index is 0.0367. The number of rotatable bonds is 1. The summed E-state index contributed by atoms with van der Waals surface area (Å²) in [5.74, 6) is -0.148. The molecule has 1 heterocycles. The lowest BCUT2D eigenvalue weighted by Gasteiger charge is -2.04. The average Bonchev–Trinajstić information content (AvgIpc) is 2.30. The van der Waals surface area contributed by atoms with E-state index in [0.29, 0.717) is 4.32 Å². The van der Waals surface area contributed by atoms with E-state index in [4.69, 9.17) is 17.0 Å². The lowest BCUT2D eigenvalue weighted by atomic mass is 10.3. The fraction of sp³-hybridized carbons (Fsp3) is 0.714. The number of carbonyl (C=O) groups is 1. The molecular formula is C7H11NO2S2. The fourth-order valence-corrected chi connectivity index (χ4v) is 2.25. The summed E-state index contributed by atoms with van der Waals surface area (Å²) in [5.41, 5.74) is 0. The van der Waals surface area contributed by atoms with Crippen LogP contribution in [0, 0.1) is 0 Å². The van der Waals surface area contributed by atoms with Gasteiger partial charge in [-0.3, -0.25) is 4.79 Å². The summed E-state index contributed by atoms with van der Waals surface area (Å²) in [6.45, 7) is 1.89. The van der Waals surface area contributed by atoms with Crippen molar-refractivity contribution in [2.75, 3.05) is 7.05 Å². The van der Waals surface area contributed by atoms with Crippen LogP contribution in [0.4, 0.5) is 0 Å². The predicted octanol–water partition coefficient (Wildman–Crippen LogP) is 0.928. The van der Waals surface area contributed by atoms with Gasteiger partial charge in [0, 0.05) is 13.5 Å². The van der Waals surface area contributed by atoms with Crippen molar-refractivity contribution < 1.29 is 9.53 Å². The number of thioether (sulfide) groups is 1. The van der Waals surface area contributed by atoms with E-state index >= 15 is 0 Å². The Morgan fingerprint density at radius 3 is 2.92 bits per heavy atom. The highest BCUT2D eigenvalue weighted by Gasteiger charge is 2.32. The molecule has 68 valence electrons. The maximum atomic E-state index is 11.1. The maximum Gasteiger partial charge on any atom is 0.319 e. The van der Waals surface area contributed by atoms with Gasteiger partial charge in [0.1, 0.15) is 15.7 Å². The molecule has 0 aliphatic carbocycles. The third-order valence-electron chi connectivity index (χ3n) is 1.58. The molecule has 2 atom stereocenters. The maximum absolute atomic E-state index is 11.1. The summed E-state index contributed by atoms with van der Waals surface area (Å²) < 4.78 is 5.62. The van der Waals surface area contributed by atoms with Gasteiger partial charge in [0.05, 0.1) is 0 Å². The van der Waals surface area contributed by atoms with E-state index in [9.17, 15) is 4.79 Å². The van der Waals surface area contributed by atoms with Crippen molar-refractivity contribution >= 4 is 34.3 Å². The minimum Gasteiger partial charge on any atom is -0.462 e. The first-order valence-electron chi connectivity index (χ1n) is 3.72. The van der Waals surface area contributed by atoms with Gasteiger partial charge in [-0.25, -0.2) is 0 Å². The quantitative estimate of drug-likeness (QED) is 0.509. The van der Waals surface area contributed by atoms with Crippen molar-refractivity contribution in [1.29, 1.82) is 0 Å². The molecule has 12 heavy (non-hydrogen) atoms. The van der Waals surface area contributed by atoms with Gasteiger partial charge in [-0.2, -0.15) is 0 Å². The van der Waals surface area contributed by atoms with Crippen molar-refractivity contribution in [2.45, 2.75) is 24.7 Å². The van der Waals surface area contributed by atoms with Crippen LogP contribution in [0.5, 0.6) is 0 Å². The van der Waals surface area contributed by atoms with Gasteiger partial charge in [-0.15, -0.1) is 0 Å². The number of hydrogen-bond donors (Lipinski definition) is 1. The van der Waals surface area contributed by atoms with Crippen molar-refractivity contribution in [1.82, 2.24) is 5.32 Å². The van der Waals surface area contributed by atoms with Crippen molar-refractivity contribution in [3.63, 3.8) is 0 Å². The molecule has 1 aliphatic rings. The van der Waals surface area contributed by atoms with Crippen LogP contribution < -0.4 is 5.32 Å². The standard InChI is InChI=1S/C7H11NO2S2/c1-4-3-5(6(9)10-4)12-7(11)8-2/h4-5H,3H2,1-2H3,(H,8,11). The molecule has 0 bridgehead atoms. The lowest BCUT2D eigenvalue weighted by molar-refractivity contribution is -0.140. The molecule has 1 N–H and O–H groups in total. The predicted molar refractivity (Wildman–Crippen MR) is 53.2 cm³/mol. The smallest absolute Gasteiger partial charge is 0.319 e. The Balaban J connectivity index is 2.43. The third-order valence-corrected chi connectivity index (χ3v) is 3.16. The Kier molecular flexibility index (Phi) is 3.34. The van der Waals surface area contributed by atoms with Crippen molar-refractivity contribution in [3.05, 3.63) is 0 Å². The summed E-state index contributed by atoms with van der Waals surface area (Å²) in [6, 6.07) is 0. The van der Waals surface area contributed by atoms with Crippen LogP contribution in [0.15, 0.2) is 0 Å². The summed E-state index contributed by atoms with van der Waals surface area (Å²) in [7, 11) is 1.75. The van der Waals surface area contributed by atoms with Crippen LogP contribution in [0.25, 0.3) is 0 Å². The van der Waals surface area contributed by atoms with Crippen LogP contribution in [-0.2, 0) is 9.53 Å². The first kappa shape index (κ1) is 9.80. The van der Waals surface area contributed by atoms with E-state index in [1.807, 2.05) is 6.92 Å². The van der Waals surface area contributed by atoms with Crippen LogP contribution in [0.3, 0.4) is 0 Å². The first-order valence-corrected chi connectivity index (χ1v) is 5.01. The molecule has 1 rings (SSSR count). The highest BCUT2D eigenvalue weighted by atomic mass is 32.2. The van der Waals surface area contributed by atoms with Crippen molar-refractivity contribution in [3.8, 4) is 0 Å². The second-order valence-electron chi connectivity index (χ2n) is 2.63. The minimum atomic E-state index is -0.148. The molecule has 2 unspecified atom stereocenters. The van der Waals surface area contributed by atoms with E-state index < -0.39 is 0 Å². The van der Waals surface area contributed by atoms with Crippen LogP contribution in [-0.4, -0.2) is 28.7 Å². The number of nitrogens with one attached hydrogen (secondary N) is 1. The Morgan fingerprint density at radius 2 is 2.50 bits per heavy atom. The SMILES string of the molecule is CNC(=S)SC1CC(C)OC1=O. The zero-order valence-corrected chi connectivity index (χ0v) is 8.63. The van der Waals surface area contributed by atoms with E-state index in [0.717, 1.165) is 6.42 Å². The van der Waals surface area contributed by atoms with Gasteiger partial charge in [0.15, 0.2) is 0 Å². The molecule has 0 aromatic carbocycles. The second-order valence-corrected chi connectivity index (χ2v) is 4.51. The Hall–Kier alpha value is -0.290. The summed E-state index contributed by atoms with van der Waals surface area (Å²) in [5, 5.41) is 2.70. The number of cyclic esters (lactones) is 1. The molecule has 0 aromatic rings. The van der Waals surface area contributed by atoms with Gasteiger partial charge < -0.3 is 10.1 Å². The summed E-state index contributed by atoms with van der Waals surface area (Å²) in [6.07, 6.45) is 0.792. The third kappa shape index (κ3) is 2.35. The molecule has 3 nitrogen and oxygen atoms in total. The largest absolute Gasteiger partial charge is 0.462 e. The number of ether oxygens (including phenoxy) is 1. The number of thiocarbonyl (C=S) groups is 1. The topological polar surface area (TPSA) is 38.3 Å². The van der Waals surface area contributed by atoms with Gasteiger partial charge >= 0.3 is 5.97 Å². The highest BCUT2D eigenvalue weighted by molar-refractivity contribution is 8.23. The zero-order valence-electron chi connectivity index (χ0n) is 6.99. The van der Waals surface area contributed by atoms with Gasteiger partial charge in [0.25, 0.3) is 0 Å². The first-order chi connectivity index (χ1) is 5.63. The normalized spacial score (nSPS) is 28.3. The second kappa shape index (κ2) is 4.09. The van der Waals surface area contributed by atoms with Gasteiger partial charge in [-0.1, -0.05) is 24.0 Å². The Bertz CT molecular complexity index is 208. The molecule has 1 saturated heterocycles. The average molecular weight is 205 g/mol.